The monoisotopic (exact) mass is 600 g/mol. The molecule has 0 radical (unpaired) electrons. The summed E-state index contributed by atoms with van der Waals surface area (Å²) < 4.78 is 66.5. The molecule has 17 heteroatoms. The highest BCUT2D eigenvalue weighted by Crippen LogP contribution is 2.37. The lowest BCUT2D eigenvalue weighted by Crippen LogP contribution is -2.50. The number of hydrogen-bond donors (Lipinski definition) is 4. The molecule has 41 heavy (non-hydrogen) atoms. The van der Waals surface area contributed by atoms with Crippen LogP contribution in [-0.4, -0.2) is 78.3 Å². The Labute approximate surface area is 233 Å². The molecule has 1 atom stereocenters. The Morgan fingerprint density at radius 1 is 1.20 bits per heavy atom. The molecule has 3 aromatic rings. The van der Waals surface area contributed by atoms with E-state index in [2.05, 4.69) is 25.7 Å². The summed E-state index contributed by atoms with van der Waals surface area (Å²) in [7, 11) is 0. The van der Waals surface area contributed by atoms with Crippen molar-refractivity contribution in [2.75, 3.05) is 6.54 Å². The zero-order valence-electron chi connectivity index (χ0n) is 20.9. The smallest absolute Gasteiger partial charge is 0.382 e. The summed E-state index contributed by atoms with van der Waals surface area (Å²) in [5.74, 6) is -4.13. The number of nitrogens with one attached hydrogen (secondary N) is 3. The predicted octanol–water partition coefficient (Wildman–Crippen LogP) is 3.30. The van der Waals surface area contributed by atoms with Gasteiger partial charge in [0.1, 0.15) is 12.2 Å². The Hall–Kier alpha value is -4.18. The summed E-state index contributed by atoms with van der Waals surface area (Å²) in [6.07, 6.45) is -6.41. The molecule has 0 unspecified atom stereocenters. The van der Waals surface area contributed by atoms with Crippen LogP contribution in [0.2, 0.25) is 5.02 Å². The highest BCUT2D eigenvalue weighted by Gasteiger charge is 2.46. The molecule has 1 aliphatic carbocycles. The van der Waals surface area contributed by atoms with Gasteiger partial charge in [-0.25, -0.2) is 28.2 Å². The number of amidine groups is 1. The van der Waals surface area contributed by atoms with Crippen LogP contribution in [0.3, 0.4) is 0 Å². The predicted molar refractivity (Wildman–Crippen MR) is 134 cm³/mol. The minimum atomic E-state index is -5.05. The van der Waals surface area contributed by atoms with Crippen molar-refractivity contribution in [2.45, 2.75) is 43.6 Å². The van der Waals surface area contributed by atoms with Gasteiger partial charge in [-0.1, -0.05) is 11.6 Å². The second-order valence-electron chi connectivity index (χ2n) is 9.10. The number of nitrogens with zero attached hydrogens (tertiary/aromatic N) is 5. The van der Waals surface area contributed by atoms with Gasteiger partial charge in [0.25, 0.3) is 11.8 Å². The van der Waals surface area contributed by atoms with E-state index in [0.717, 1.165) is 4.68 Å². The highest BCUT2D eigenvalue weighted by atomic mass is 35.5. The summed E-state index contributed by atoms with van der Waals surface area (Å²) in [5.41, 5.74) is 0.0832. The third-order valence-corrected chi connectivity index (χ3v) is 6.23. The van der Waals surface area contributed by atoms with Crippen LogP contribution in [0.5, 0.6) is 0 Å². The molecule has 4 N–H and O–H groups in total. The zero-order valence-corrected chi connectivity index (χ0v) is 21.6. The number of alkyl halides is 5. The van der Waals surface area contributed by atoms with Gasteiger partial charge in [-0.05, 0) is 36.4 Å². The molecule has 3 amide bonds. The molecule has 1 aromatic carbocycles. The molecule has 0 saturated heterocycles. The fourth-order valence-corrected chi connectivity index (χ4v) is 3.96. The first-order valence-electron chi connectivity index (χ1n) is 11.9. The second kappa shape index (κ2) is 11.7. The van der Waals surface area contributed by atoms with Gasteiger partial charge in [0.05, 0.1) is 18.7 Å². The molecule has 0 spiro atoms. The molecular formula is C24H22ClF5N8O3. The molecular weight excluding hydrogens is 579 g/mol. The van der Waals surface area contributed by atoms with Gasteiger partial charge in [0.15, 0.2) is 17.7 Å². The van der Waals surface area contributed by atoms with E-state index in [4.69, 9.17) is 17.0 Å². The molecule has 2 heterocycles. The van der Waals surface area contributed by atoms with Crippen molar-refractivity contribution in [1.82, 2.24) is 35.3 Å². The molecule has 11 nitrogen and oxygen atoms in total. The van der Waals surface area contributed by atoms with E-state index < -0.39 is 67.9 Å². The molecule has 1 fully saturated rings. The topological polar surface area (TPSA) is 149 Å². The number of amides is 3. The Balaban J connectivity index is 1.46. The maximum absolute atomic E-state index is 13.1. The summed E-state index contributed by atoms with van der Waals surface area (Å²) in [4.78, 5) is 34.0. The number of carbonyl (C=O) groups excluding carboxylic acids is 2. The highest BCUT2D eigenvalue weighted by molar-refractivity contribution is 6.30. The standard InChI is InChI=1S/C24H22ClF5N8O3/c25-14-5-3-13(4-6-14)19(31)37(11-17(39)24(28,29)30)22(41)33-10-18-34-12-38(36-18)20-16(2-1-7-32-20)21(40)35-15-8-23(26,27)9-15/h1-7,12,15,17,31,39H,8-11H2,(H,33,41)(H,35,40)/t17-/m0/s1. The Kier molecular flexibility index (Phi) is 8.53. The molecule has 4 rings (SSSR count). The van der Waals surface area contributed by atoms with Crippen molar-refractivity contribution in [1.29, 1.82) is 5.41 Å². The number of hydrogen-bond acceptors (Lipinski definition) is 7. The van der Waals surface area contributed by atoms with E-state index in [1.54, 1.807) is 0 Å². The molecule has 0 bridgehead atoms. The lowest BCUT2D eigenvalue weighted by molar-refractivity contribution is -0.204. The van der Waals surface area contributed by atoms with Gasteiger partial charge in [-0.3, -0.25) is 15.1 Å². The van der Waals surface area contributed by atoms with Crippen LogP contribution >= 0.6 is 11.6 Å². The fourth-order valence-electron chi connectivity index (χ4n) is 3.83. The maximum Gasteiger partial charge on any atom is 0.416 e. The maximum atomic E-state index is 13.1. The summed E-state index contributed by atoms with van der Waals surface area (Å²) >= 11 is 5.81. The number of halogens is 6. The molecule has 2 aromatic heterocycles. The largest absolute Gasteiger partial charge is 0.416 e. The van der Waals surface area contributed by atoms with Gasteiger partial charge in [-0.2, -0.15) is 13.2 Å². The first-order chi connectivity index (χ1) is 19.2. The van der Waals surface area contributed by atoms with Crippen molar-refractivity contribution < 1.29 is 36.6 Å². The van der Waals surface area contributed by atoms with Gasteiger partial charge in [0, 0.05) is 35.7 Å². The van der Waals surface area contributed by atoms with Crippen molar-refractivity contribution in [3.8, 4) is 5.82 Å². The average Bonchev–Trinajstić information content (AvgIpc) is 3.37. The van der Waals surface area contributed by atoms with Crippen molar-refractivity contribution in [2.24, 2.45) is 0 Å². The third-order valence-electron chi connectivity index (χ3n) is 5.98. The number of benzene rings is 1. The minimum Gasteiger partial charge on any atom is -0.382 e. The van der Waals surface area contributed by atoms with E-state index >= 15 is 0 Å². The number of urea groups is 1. The molecule has 0 aliphatic heterocycles. The fraction of sp³-hybridized carbons (Fsp3) is 0.333. The Morgan fingerprint density at radius 3 is 2.51 bits per heavy atom. The van der Waals surface area contributed by atoms with Crippen LogP contribution in [-0.2, 0) is 6.54 Å². The lowest BCUT2D eigenvalue weighted by atomic mass is 9.88. The lowest BCUT2D eigenvalue weighted by Gasteiger charge is -2.35. The number of aromatic nitrogens is 4. The van der Waals surface area contributed by atoms with E-state index in [0.29, 0.717) is 9.92 Å². The summed E-state index contributed by atoms with van der Waals surface area (Å²) in [5, 5.41) is 27.0. The van der Waals surface area contributed by atoms with Crippen LogP contribution in [0.25, 0.3) is 5.82 Å². The quantitative estimate of drug-likeness (QED) is 0.177. The van der Waals surface area contributed by atoms with Crippen LogP contribution in [0.1, 0.15) is 34.6 Å². The van der Waals surface area contributed by atoms with Gasteiger partial charge < -0.3 is 15.7 Å². The van der Waals surface area contributed by atoms with E-state index in [1.807, 2.05) is 0 Å². The van der Waals surface area contributed by atoms with Crippen molar-refractivity contribution >= 4 is 29.4 Å². The van der Waals surface area contributed by atoms with Crippen molar-refractivity contribution in [3.05, 3.63) is 70.9 Å². The van der Waals surface area contributed by atoms with Gasteiger partial charge >= 0.3 is 12.2 Å². The number of rotatable bonds is 8. The minimum absolute atomic E-state index is 0.0144. The average molecular weight is 601 g/mol. The Morgan fingerprint density at radius 2 is 1.88 bits per heavy atom. The van der Waals surface area contributed by atoms with E-state index in [-0.39, 0.29) is 22.8 Å². The second-order valence-corrected chi connectivity index (χ2v) is 9.53. The number of aliphatic hydroxyl groups is 1. The SMILES string of the molecule is N=C(c1ccc(Cl)cc1)N(C[C@H](O)C(F)(F)F)C(=O)NCc1ncn(-c2ncccc2C(=O)NC2CC(F)(F)C2)n1. The van der Waals surface area contributed by atoms with Gasteiger partial charge in [-0.15, -0.1) is 5.10 Å². The third kappa shape index (κ3) is 7.32. The van der Waals surface area contributed by atoms with Gasteiger partial charge in [0.2, 0.25) is 0 Å². The first-order valence-corrected chi connectivity index (χ1v) is 12.3. The summed E-state index contributed by atoms with van der Waals surface area (Å²) in [6.45, 7) is -1.68. The van der Waals surface area contributed by atoms with Crippen LogP contribution in [0.15, 0.2) is 48.9 Å². The molecule has 218 valence electrons. The number of aliphatic hydroxyl groups excluding tert-OH is 1. The van der Waals surface area contributed by atoms with E-state index in [9.17, 15) is 36.6 Å². The van der Waals surface area contributed by atoms with Crippen molar-refractivity contribution in [3.63, 3.8) is 0 Å². The van der Waals surface area contributed by atoms with Crippen LogP contribution in [0, 0.1) is 5.41 Å². The zero-order chi connectivity index (χ0) is 29.9. The van der Waals surface area contributed by atoms with Crippen LogP contribution < -0.4 is 10.6 Å². The van der Waals surface area contributed by atoms with Crippen LogP contribution in [0.4, 0.5) is 26.7 Å². The number of pyridine rings is 1. The Bertz CT molecular complexity index is 1430. The number of carbonyl (C=O) groups is 2. The molecule has 1 aliphatic rings. The normalized spacial score (nSPS) is 15.5. The summed E-state index contributed by atoms with van der Waals surface area (Å²) in [6, 6.07) is 6.43. The molecule has 1 saturated carbocycles. The first kappa shape index (κ1) is 29.8. The van der Waals surface area contributed by atoms with E-state index in [1.165, 1.54) is 48.9 Å².